The number of nitrogens with one attached hydrogen (secondary N) is 3. The van der Waals surface area contributed by atoms with Crippen LogP contribution in [0.25, 0.3) is 0 Å². The minimum atomic E-state index is -0.671. The second-order valence-corrected chi connectivity index (χ2v) is 4.05. The van der Waals surface area contributed by atoms with Crippen molar-refractivity contribution in [3.05, 3.63) is 24.0 Å². The van der Waals surface area contributed by atoms with Crippen LogP contribution in [0.15, 0.2) is 18.3 Å². The van der Waals surface area contributed by atoms with Gasteiger partial charge < -0.3 is 20.8 Å². The lowest BCUT2D eigenvalue weighted by atomic mass is 10.2. The van der Waals surface area contributed by atoms with Crippen molar-refractivity contribution in [2.75, 3.05) is 25.7 Å². The molecule has 1 heterocycles. The molecule has 0 saturated heterocycles. The van der Waals surface area contributed by atoms with E-state index >= 15 is 0 Å². The van der Waals surface area contributed by atoms with Gasteiger partial charge in [0.1, 0.15) is 11.7 Å². The Kier molecular flexibility index (Phi) is 6.41. The maximum atomic E-state index is 11.9. The molecule has 1 aromatic heterocycles. The lowest BCUT2D eigenvalue weighted by Crippen LogP contribution is -2.45. The molecule has 1 aromatic rings. The number of rotatable bonds is 7. The number of nitrogens with two attached hydrogens (primary N) is 1. The number of amides is 2. The average Bonchev–Trinajstić information content (AvgIpc) is 2.47. The number of hydrogen-bond acceptors (Lipinski definition) is 6. The molecule has 0 aliphatic carbocycles. The molecule has 0 spiro atoms. The van der Waals surface area contributed by atoms with Crippen LogP contribution in [0.5, 0.6) is 0 Å². The molecule has 0 bridgehead atoms. The Labute approximate surface area is 117 Å². The van der Waals surface area contributed by atoms with Crippen LogP contribution in [0.2, 0.25) is 0 Å². The van der Waals surface area contributed by atoms with E-state index < -0.39 is 11.9 Å². The molecule has 5 N–H and O–H groups in total. The number of methoxy groups -OCH3 is 1. The van der Waals surface area contributed by atoms with Gasteiger partial charge in [-0.1, -0.05) is 0 Å². The van der Waals surface area contributed by atoms with Crippen molar-refractivity contribution >= 4 is 17.5 Å². The van der Waals surface area contributed by atoms with Crippen LogP contribution in [-0.4, -0.2) is 43.1 Å². The molecule has 0 fully saturated rings. The lowest BCUT2D eigenvalue weighted by molar-refractivity contribution is -0.122. The zero-order chi connectivity index (χ0) is 15.0. The summed E-state index contributed by atoms with van der Waals surface area (Å²) < 4.78 is 4.82. The highest BCUT2D eigenvalue weighted by Gasteiger charge is 2.17. The summed E-state index contributed by atoms with van der Waals surface area (Å²) in [4.78, 5) is 27.5. The van der Waals surface area contributed by atoms with Crippen LogP contribution in [-0.2, 0) is 9.53 Å². The van der Waals surface area contributed by atoms with Gasteiger partial charge in [0.05, 0.1) is 12.3 Å². The van der Waals surface area contributed by atoms with Crippen LogP contribution >= 0.6 is 0 Å². The quantitative estimate of drug-likeness (QED) is 0.297. The first-order valence-corrected chi connectivity index (χ1v) is 6.08. The molecule has 8 nitrogen and oxygen atoms in total. The van der Waals surface area contributed by atoms with Crippen molar-refractivity contribution in [3.8, 4) is 0 Å². The summed E-state index contributed by atoms with van der Waals surface area (Å²) in [7, 11) is 1.54. The predicted molar refractivity (Wildman–Crippen MR) is 73.9 cm³/mol. The average molecular weight is 281 g/mol. The Morgan fingerprint density at radius 2 is 2.25 bits per heavy atom. The van der Waals surface area contributed by atoms with Gasteiger partial charge in [0, 0.05) is 19.9 Å². The van der Waals surface area contributed by atoms with Crippen LogP contribution in [0.3, 0.4) is 0 Å². The summed E-state index contributed by atoms with van der Waals surface area (Å²) in [6.45, 7) is 2.39. The molecule has 1 unspecified atom stereocenters. The van der Waals surface area contributed by atoms with Gasteiger partial charge in [-0.2, -0.15) is 0 Å². The first-order valence-electron chi connectivity index (χ1n) is 6.08. The maximum absolute atomic E-state index is 11.9. The van der Waals surface area contributed by atoms with E-state index in [-0.39, 0.29) is 11.6 Å². The Bertz CT molecular complexity index is 466. The summed E-state index contributed by atoms with van der Waals surface area (Å²) in [6.07, 6.45) is 1.45. The summed E-state index contributed by atoms with van der Waals surface area (Å²) in [5, 5.41) is 5.18. The Morgan fingerprint density at radius 1 is 1.50 bits per heavy atom. The molecule has 20 heavy (non-hydrogen) atoms. The molecule has 0 aromatic carbocycles. The fourth-order valence-electron chi connectivity index (χ4n) is 1.41. The number of hydrogen-bond donors (Lipinski definition) is 4. The smallest absolute Gasteiger partial charge is 0.270 e. The monoisotopic (exact) mass is 281 g/mol. The van der Waals surface area contributed by atoms with Crippen molar-refractivity contribution in [2.45, 2.75) is 13.0 Å². The van der Waals surface area contributed by atoms with Gasteiger partial charge >= 0.3 is 0 Å². The van der Waals surface area contributed by atoms with E-state index in [2.05, 4.69) is 21.0 Å². The predicted octanol–water partition coefficient (Wildman–Crippen LogP) is -0.752. The topological polar surface area (TPSA) is 118 Å². The third-order valence-electron chi connectivity index (χ3n) is 2.51. The lowest BCUT2D eigenvalue weighted by Gasteiger charge is -2.13. The SMILES string of the molecule is COCCNC(=O)C(C)NC(=O)c1cc(NN)ccn1. The van der Waals surface area contributed by atoms with E-state index in [1.54, 1.807) is 20.1 Å². The van der Waals surface area contributed by atoms with E-state index in [1.807, 2.05) is 0 Å². The normalized spacial score (nSPS) is 11.6. The third kappa shape index (κ3) is 4.82. The van der Waals surface area contributed by atoms with E-state index in [4.69, 9.17) is 10.6 Å². The molecule has 1 rings (SSSR count). The second kappa shape index (κ2) is 8.08. The summed E-state index contributed by atoms with van der Waals surface area (Å²) in [6, 6.07) is 2.44. The largest absolute Gasteiger partial charge is 0.383 e. The number of carbonyl (C=O) groups excluding carboxylic acids is 2. The molecule has 110 valence electrons. The number of aromatic nitrogens is 1. The fraction of sp³-hybridized carbons (Fsp3) is 0.417. The minimum absolute atomic E-state index is 0.178. The number of pyridine rings is 1. The molecule has 0 aliphatic rings. The number of nitrogen functional groups attached to an aromatic ring is 1. The fourth-order valence-corrected chi connectivity index (χ4v) is 1.41. The van der Waals surface area contributed by atoms with Gasteiger partial charge in [-0.3, -0.25) is 20.4 Å². The Balaban J connectivity index is 2.54. The first kappa shape index (κ1) is 15.9. The van der Waals surface area contributed by atoms with Gasteiger partial charge in [0.15, 0.2) is 0 Å². The molecule has 0 radical (unpaired) electrons. The van der Waals surface area contributed by atoms with Crippen LogP contribution in [0.4, 0.5) is 5.69 Å². The van der Waals surface area contributed by atoms with Crippen molar-refractivity contribution in [1.82, 2.24) is 15.6 Å². The number of hydrazine groups is 1. The van der Waals surface area contributed by atoms with Gasteiger partial charge in [0.25, 0.3) is 5.91 Å². The van der Waals surface area contributed by atoms with Crippen LogP contribution < -0.4 is 21.9 Å². The van der Waals surface area contributed by atoms with Crippen molar-refractivity contribution < 1.29 is 14.3 Å². The maximum Gasteiger partial charge on any atom is 0.270 e. The summed E-state index contributed by atoms with van der Waals surface area (Å²) in [5.74, 6) is 4.51. The summed E-state index contributed by atoms with van der Waals surface area (Å²) in [5.41, 5.74) is 3.15. The molecule has 0 aliphatic heterocycles. The van der Waals surface area contributed by atoms with Gasteiger partial charge in [-0.05, 0) is 19.1 Å². The molecule has 8 heteroatoms. The molecule has 1 atom stereocenters. The highest BCUT2D eigenvalue weighted by atomic mass is 16.5. The van der Waals surface area contributed by atoms with Crippen LogP contribution in [0, 0.1) is 0 Å². The molecular formula is C12H19N5O3. The van der Waals surface area contributed by atoms with Gasteiger partial charge in [0.2, 0.25) is 5.91 Å². The van der Waals surface area contributed by atoms with Crippen molar-refractivity contribution in [3.63, 3.8) is 0 Å². The van der Waals surface area contributed by atoms with E-state index in [9.17, 15) is 9.59 Å². The molecule has 0 saturated carbocycles. The number of anilines is 1. The molecule has 2 amide bonds. The molecular weight excluding hydrogens is 262 g/mol. The van der Waals surface area contributed by atoms with Gasteiger partial charge in [-0.25, -0.2) is 0 Å². The van der Waals surface area contributed by atoms with Crippen molar-refractivity contribution in [2.24, 2.45) is 5.84 Å². The third-order valence-corrected chi connectivity index (χ3v) is 2.51. The van der Waals surface area contributed by atoms with E-state index in [1.165, 1.54) is 12.3 Å². The van der Waals surface area contributed by atoms with E-state index in [0.717, 1.165) is 0 Å². The zero-order valence-corrected chi connectivity index (χ0v) is 11.5. The van der Waals surface area contributed by atoms with Gasteiger partial charge in [-0.15, -0.1) is 0 Å². The zero-order valence-electron chi connectivity index (χ0n) is 11.5. The number of nitrogens with zero attached hydrogens (tertiary/aromatic N) is 1. The first-order chi connectivity index (χ1) is 9.58. The summed E-state index contributed by atoms with van der Waals surface area (Å²) >= 11 is 0. The second-order valence-electron chi connectivity index (χ2n) is 4.05. The number of ether oxygens (including phenoxy) is 1. The highest BCUT2D eigenvalue weighted by Crippen LogP contribution is 2.05. The Morgan fingerprint density at radius 3 is 2.90 bits per heavy atom. The number of carbonyl (C=O) groups is 2. The minimum Gasteiger partial charge on any atom is -0.383 e. The Hall–Kier alpha value is -2.19. The van der Waals surface area contributed by atoms with E-state index in [0.29, 0.717) is 18.8 Å². The van der Waals surface area contributed by atoms with Crippen LogP contribution in [0.1, 0.15) is 17.4 Å². The highest BCUT2D eigenvalue weighted by molar-refractivity contribution is 5.96. The standard InChI is InChI=1S/C12H19N5O3/c1-8(11(18)15-5-6-20-2)16-12(19)10-7-9(17-13)3-4-14-10/h3-4,7-8H,5-6,13H2,1-2H3,(H,14,17)(H,15,18)(H,16,19). The van der Waals surface area contributed by atoms with Crippen molar-refractivity contribution in [1.29, 1.82) is 0 Å².